The van der Waals surface area contributed by atoms with Gasteiger partial charge in [-0.1, -0.05) is 27.2 Å². The van der Waals surface area contributed by atoms with Gasteiger partial charge in [-0.05, 0) is 38.9 Å². The lowest BCUT2D eigenvalue weighted by Gasteiger charge is -2.34. The Morgan fingerprint density at radius 2 is 1.50 bits per heavy atom. The van der Waals surface area contributed by atoms with Crippen molar-refractivity contribution in [2.75, 3.05) is 45.8 Å². The summed E-state index contributed by atoms with van der Waals surface area (Å²) in [5.74, 6) is 0. The fourth-order valence-corrected chi connectivity index (χ4v) is 2.58. The zero-order valence-electron chi connectivity index (χ0n) is 12.7. The minimum Gasteiger partial charge on any atom is -0.315 e. The van der Waals surface area contributed by atoms with E-state index in [1.807, 2.05) is 0 Å². The standard InChI is InChI=1S/C15H33N3/c1-4-9-17-11-13-18(14-12-17)10-7-5-6-8-16-15(2)3/h15-16H,4-14H2,1-3H3. The molecule has 1 heterocycles. The molecule has 3 heteroatoms. The minimum absolute atomic E-state index is 0.636. The first-order chi connectivity index (χ1) is 8.72. The fourth-order valence-electron chi connectivity index (χ4n) is 2.58. The van der Waals surface area contributed by atoms with Crippen molar-refractivity contribution in [2.24, 2.45) is 0 Å². The summed E-state index contributed by atoms with van der Waals surface area (Å²) in [6.07, 6.45) is 5.36. The molecule has 0 bridgehead atoms. The van der Waals surface area contributed by atoms with Gasteiger partial charge in [-0.15, -0.1) is 0 Å². The number of unbranched alkanes of at least 4 members (excludes halogenated alkanes) is 2. The highest BCUT2D eigenvalue weighted by atomic mass is 15.3. The maximum absolute atomic E-state index is 3.48. The van der Waals surface area contributed by atoms with Crippen LogP contribution in [0.5, 0.6) is 0 Å². The van der Waals surface area contributed by atoms with Crippen molar-refractivity contribution >= 4 is 0 Å². The van der Waals surface area contributed by atoms with Crippen molar-refractivity contribution in [3.05, 3.63) is 0 Å². The van der Waals surface area contributed by atoms with Gasteiger partial charge >= 0.3 is 0 Å². The smallest absolute Gasteiger partial charge is 0.0110 e. The molecule has 1 rings (SSSR count). The molecule has 1 N–H and O–H groups in total. The van der Waals surface area contributed by atoms with Crippen LogP contribution in [0.3, 0.4) is 0 Å². The maximum atomic E-state index is 3.48. The lowest BCUT2D eigenvalue weighted by atomic mass is 10.2. The van der Waals surface area contributed by atoms with Gasteiger partial charge < -0.3 is 15.1 Å². The molecule has 0 radical (unpaired) electrons. The highest BCUT2D eigenvalue weighted by molar-refractivity contribution is 4.71. The van der Waals surface area contributed by atoms with Gasteiger partial charge in [0.25, 0.3) is 0 Å². The van der Waals surface area contributed by atoms with E-state index in [2.05, 4.69) is 35.9 Å². The molecule has 1 aliphatic rings. The molecule has 1 fully saturated rings. The molecule has 0 unspecified atom stereocenters. The first-order valence-corrected chi connectivity index (χ1v) is 7.90. The molecular formula is C15H33N3. The normalized spacial score (nSPS) is 18.7. The highest BCUT2D eigenvalue weighted by Gasteiger charge is 2.14. The Morgan fingerprint density at radius 1 is 0.889 bits per heavy atom. The molecule has 0 aromatic heterocycles. The molecule has 3 nitrogen and oxygen atoms in total. The van der Waals surface area contributed by atoms with Crippen molar-refractivity contribution in [1.29, 1.82) is 0 Å². The number of nitrogens with zero attached hydrogens (tertiary/aromatic N) is 2. The summed E-state index contributed by atoms with van der Waals surface area (Å²) >= 11 is 0. The van der Waals surface area contributed by atoms with Crippen LogP contribution in [0.1, 0.15) is 46.5 Å². The SMILES string of the molecule is CCCN1CCN(CCCCCNC(C)C)CC1. The average Bonchev–Trinajstić information content (AvgIpc) is 2.35. The Balaban J connectivity index is 1.91. The van der Waals surface area contributed by atoms with Crippen molar-refractivity contribution in [3.63, 3.8) is 0 Å². The lowest BCUT2D eigenvalue weighted by molar-refractivity contribution is 0.131. The average molecular weight is 255 g/mol. The monoisotopic (exact) mass is 255 g/mol. The van der Waals surface area contributed by atoms with E-state index in [9.17, 15) is 0 Å². The second-order valence-corrected chi connectivity index (χ2v) is 5.85. The first kappa shape index (κ1) is 15.9. The zero-order valence-corrected chi connectivity index (χ0v) is 12.7. The molecule has 0 aromatic rings. The summed E-state index contributed by atoms with van der Waals surface area (Å²) < 4.78 is 0. The zero-order chi connectivity index (χ0) is 13.2. The highest BCUT2D eigenvalue weighted by Crippen LogP contribution is 2.05. The van der Waals surface area contributed by atoms with Gasteiger partial charge in [-0.2, -0.15) is 0 Å². The number of piperazine rings is 1. The second-order valence-electron chi connectivity index (χ2n) is 5.85. The molecule has 1 saturated heterocycles. The molecule has 1 aliphatic heterocycles. The molecule has 108 valence electrons. The van der Waals surface area contributed by atoms with Gasteiger partial charge in [-0.25, -0.2) is 0 Å². The van der Waals surface area contributed by atoms with Crippen LogP contribution >= 0.6 is 0 Å². The van der Waals surface area contributed by atoms with Gasteiger partial charge in [0.05, 0.1) is 0 Å². The van der Waals surface area contributed by atoms with Gasteiger partial charge in [0.2, 0.25) is 0 Å². The van der Waals surface area contributed by atoms with Crippen LogP contribution in [0.2, 0.25) is 0 Å². The number of nitrogens with one attached hydrogen (secondary N) is 1. The molecule has 0 saturated carbocycles. The van der Waals surface area contributed by atoms with E-state index in [1.54, 1.807) is 0 Å². The van der Waals surface area contributed by atoms with E-state index >= 15 is 0 Å². The third-order valence-corrected chi connectivity index (χ3v) is 3.71. The van der Waals surface area contributed by atoms with E-state index in [4.69, 9.17) is 0 Å². The molecule has 0 spiro atoms. The van der Waals surface area contributed by atoms with Gasteiger partial charge in [0.15, 0.2) is 0 Å². The third-order valence-electron chi connectivity index (χ3n) is 3.71. The van der Waals surface area contributed by atoms with E-state index in [0.717, 1.165) is 0 Å². The van der Waals surface area contributed by atoms with E-state index < -0.39 is 0 Å². The van der Waals surface area contributed by atoms with E-state index in [1.165, 1.54) is 71.5 Å². The number of rotatable bonds is 9. The van der Waals surface area contributed by atoms with Crippen LogP contribution in [0.4, 0.5) is 0 Å². The van der Waals surface area contributed by atoms with Gasteiger partial charge in [0.1, 0.15) is 0 Å². The van der Waals surface area contributed by atoms with Crippen LogP contribution in [0.25, 0.3) is 0 Å². The van der Waals surface area contributed by atoms with Crippen molar-refractivity contribution in [3.8, 4) is 0 Å². The van der Waals surface area contributed by atoms with Crippen LogP contribution in [0, 0.1) is 0 Å². The van der Waals surface area contributed by atoms with Crippen LogP contribution in [0.15, 0.2) is 0 Å². The van der Waals surface area contributed by atoms with Crippen LogP contribution in [-0.4, -0.2) is 61.7 Å². The molecule has 0 aromatic carbocycles. The number of hydrogen-bond acceptors (Lipinski definition) is 3. The maximum Gasteiger partial charge on any atom is 0.0110 e. The van der Waals surface area contributed by atoms with Crippen LogP contribution in [-0.2, 0) is 0 Å². The summed E-state index contributed by atoms with van der Waals surface area (Å²) in [4.78, 5) is 5.24. The Kier molecular flexibility index (Phi) is 8.64. The molecule has 18 heavy (non-hydrogen) atoms. The van der Waals surface area contributed by atoms with Crippen molar-refractivity contribution in [1.82, 2.24) is 15.1 Å². The van der Waals surface area contributed by atoms with E-state index in [0.29, 0.717) is 6.04 Å². The Morgan fingerprint density at radius 3 is 2.06 bits per heavy atom. The minimum atomic E-state index is 0.636. The number of hydrogen-bond donors (Lipinski definition) is 1. The summed E-state index contributed by atoms with van der Waals surface area (Å²) in [5.41, 5.74) is 0. The fraction of sp³-hybridized carbons (Fsp3) is 1.00. The van der Waals surface area contributed by atoms with Crippen LogP contribution < -0.4 is 5.32 Å². The molecule has 0 amide bonds. The predicted octanol–water partition coefficient (Wildman–Crippen LogP) is 2.18. The van der Waals surface area contributed by atoms with Gasteiger partial charge in [-0.3, -0.25) is 0 Å². The van der Waals surface area contributed by atoms with E-state index in [-0.39, 0.29) is 0 Å². The Bertz CT molecular complexity index is 186. The largest absolute Gasteiger partial charge is 0.315 e. The molecular weight excluding hydrogens is 222 g/mol. The molecule has 0 atom stereocenters. The topological polar surface area (TPSA) is 18.5 Å². The summed E-state index contributed by atoms with van der Waals surface area (Å²) in [5, 5.41) is 3.48. The Labute approximate surface area is 114 Å². The van der Waals surface area contributed by atoms with Gasteiger partial charge in [0, 0.05) is 32.2 Å². The van der Waals surface area contributed by atoms with Crippen molar-refractivity contribution < 1.29 is 0 Å². The third kappa shape index (κ3) is 7.34. The lowest BCUT2D eigenvalue weighted by Crippen LogP contribution is -2.46. The summed E-state index contributed by atoms with van der Waals surface area (Å²) in [6, 6.07) is 0.636. The Hall–Kier alpha value is -0.120. The second kappa shape index (κ2) is 9.76. The molecule has 0 aliphatic carbocycles. The predicted molar refractivity (Wildman–Crippen MR) is 80.2 cm³/mol. The first-order valence-electron chi connectivity index (χ1n) is 7.90. The van der Waals surface area contributed by atoms with Crippen molar-refractivity contribution in [2.45, 2.75) is 52.5 Å². The quantitative estimate of drug-likeness (QED) is 0.637. The summed E-state index contributed by atoms with van der Waals surface area (Å²) in [6.45, 7) is 15.6. The summed E-state index contributed by atoms with van der Waals surface area (Å²) in [7, 11) is 0.